The average molecular weight is 857 g/mol. The molecule has 3 aliphatic heterocycles. The van der Waals surface area contributed by atoms with Gasteiger partial charge in [0.15, 0.2) is 0 Å². The van der Waals surface area contributed by atoms with Gasteiger partial charge in [0.05, 0.1) is 26.0 Å². The fourth-order valence-corrected chi connectivity index (χ4v) is 9.17. The number of morpholine rings is 1. The SMILES string of the molecule is CC(=O)Nc1ccc2c(c1)NC(=O)C2=Cc1ccc(OCCN2CCOCC2)c(-c2ccsc2)c1.COc1ccc(C=C2C(=O)Nc3ccc(Cl)cc32)cc1C1CCCCC1. The molecular formula is C49H49ClN4O6S. The molecule has 4 aliphatic rings. The van der Waals surface area contributed by atoms with E-state index in [2.05, 4.69) is 44.4 Å². The highest BCUT2D eigenvalue weighted by Gasteiger charge is 2.26. The number of fused-ring (bicyclic) bond motifs is 2. The van der Waals surface area contributed by atoms with Gasteiger partial charge < -0.3 is 30.2 Å². The Kier molecular flexibility index (Phi) is 13.3. The molecule has 9 rings (SSSR count). The Morgan fingerprint density at radius 1 is 0.836 bits per heavy atom. The van der Waals surface area contributed by atoms with Crippen molar-refractivity contribution in [1.82, 2.24) is 4.90 Å². The maximum atomic E-state index is 12.7. The van der Waals surface area contributed by atoms with E-state index >= 15 is 0 Å². The van der Waals surface area contributed by atoms with E-state index in [1.165, 1.54) is 44.6 Å². The molecule has 1 aromatic heterocycles. The Bertz CT molecular complexity index is 2490. The van der Waals surface area contributed by atoms with Crippen LogP contribution in [-0.4, -0.2) is 69.2 Å². The number of carbonyl (C=O) groups excluding carboxylic acids is 3. The smallest absolute Gasteiger partial charge is 0.256 e. The summed E-state index contributed by atoms with van der Waals surface area (Å²) in [6, 6.07) is 25.2. The van der Waals surface area contributed by atoms with E-state index in [4.69, 9.17) is 25.8 Å². The highest BCUT2D eigenvalue weighted by atomic mass is 35.5. The molecule has 5 aromatic rings. The van der Waals surface area contributed by atoms with Gasteiger partial charge in [-0.15, -0.1) is 0 Å². The highest BCUT2D eigenvalue weighted by molar-refractivity contribution is 7.08. The number of halogens is 1. The maximum Gasteiger partial charge on any atom is 0.256 e. The molecule has 0 atom stereocenters. The fourth-order valence-electron chi connectivity index (χ4n) is 8.35. The van der Waals surface area contributed by atoms with E-state index in [9.17, 15) is 14.4 Å². The molecule has 2 fully saturated rings. The van der Waals surface area contributed by atoms with Crippen molar-refractivity contribution in [3.05, 3.63) is 122 Å². The number of benzene rings is 4. The lowest BCUT2D eigenvalue weighted by molar-refractivity contribution is -0.114. The minimum atomic E-state index is -0.164. The molecule has 10 nitrogen and oxygen atoms in total. The van der Waals surface area contributed by atoms with E-state index in [0.29, 0.717) is 40.1 Å². The van der Waals surface area contributed by atoms with Crippen LogP contribution < -0.4 is 25.4 Å². The first kappa shape index (κ1) is 42.0. The van der Waals surface area contributed by atoms with Crippen LogP contribution in [-0.2, 0) is 19.1 Å². The zero-order chi connectivity index (χ0) is 42.3. The number of rotatable bonds is 10. The number of ether oxygens (including phenoxy) is 3. The first-order chi connectivity index (χ1) is 29.7. The Hall–Kier alpha value is -5.72. The normalized spacial score (nSPS) is 17.6. The molecule has 1 saturated carbocycles. The monoisotopic (exact) mass is 856 g/mol. The van der Waals surface area contributed by atoms with Gasteiger partial charge in [0, 0.05) is 70.8 Å². The summed E-state index contributed by atoms with van der Waals surface area (Å²) in [5.74, 6) is 1.91. The molecule has 314 valence electrons. The number of hydrogen-bond donors (Lipinski definition) is 3. The second-order valence-corrected chi connectivity index (χ2v) is 16.8. The Balaban J connectivity index is 0.000000176. The lowest BCUT2D eigenvalue weighted by Gasteiger charge is -2.26. The minimum Gasteiger partial charge on any atom is -0.496 e. The number of anilines is 3. The molecule has 4 aromatic carbocycles. The third-order valence-electron chi connectivity index (χ3n) is 11.4. The van der Waals surface area contributed by atoms with Gasteiger partial charge in [-0.1, -0.05) is 49.1 Å². The second-order valence-electron chi connectivity index (χ2n) is 15.6. The van der Waals surface area contributed by atoms with Crippen molar-refractivity contribution in [1.29, 1.82) is 0 Å². The van der Waals surface area contributed by atoms with Gasteiger partial charge in [0.2, 0.25) is 5.91 Å². The summed E-state index contributed by atoms with van der Waals surface area (Å²) in [7, 11) is 1.72. The number of carbonyl (C=O) groups is 3. The van der Waals surface area contributed by atoms with E-state index < -0.39 is 0 Å². The van der Waals surface area contributed by atoms with Gasteiger partial charge in [-0.25, -0.2) is 0 Å². The summed E-state index contributed by atoms with van der Waals surface area (Å²) in [5.41, 5.74) is 10.3. The second kappa shape index (κ2) is 19.3. The van der Waals surface area contributed by atoms with Gasteiger partial charge in [0.25, 0.3) is 11.8 Å². The summed E-state index contributed by atoms with van der Waals surface area (Å²) in [5, 5.41) is 13.3. The van der Waals surface area contributed by atoms with Crippen LogP contribution in [0.5, 0.6) is 11.5 Å². The number of nitrogens with zero attached hydrogens (tertiary/aromatic N) is 1. The molecule has 1 saturated heterocycles. The number of hydrogen-bond acceptors (Lipinski definition) is 8. The van der Waals surface area contributed by atoms with E-state index in [1.807, 2.05) is 60.0 Å². The Morgan fingerprint density at radius 3 is 2.28 bits per heavy atom. The molecule has 61 heavy (non-hydrogen) atoms. The van der Waals surface area contributed by atoms with Crippen LogP contribution in [0.3, 0.4) is 0 Å². The van der Waals surface area contributed by atoms with Crippen molar-refractivity contribution < 1.29 is 28.6 Å². The van der Waals surface area contributed by atoms with Crippen molar-refractivity contribution in [3.8, 4) is 22.6 Å². The van der Waals surface area contributed by atoms with Gasteiger partial charge in [0.1, 0.15) is 18.1 Å². The highest BCUT2D eigenvalue weighted by Crippen LogP contribution is 2.41. The number of methoxy groups -OCH3 is 1. The van der Waals surface area contributed by atoms with Crippen molar-refractivity contribution in [2.45, 2.75) is 44.9 Å². The third-order valence-corrected chi connectivity index (χ3v) is 12.3. The lowest BCUT2D eigenvalue weighted by atomic mass is 9.83. The molecule has 0 bridgehead atoms. The summed E-state index contributed by atoms with van der Waals surface area (Å²) >= 11 is 7.76. The third kappa shape index (κ3) is 10.1. The predicted octanol–water partition coefficient (Wildman–Crippen LogP) is 10.5. The zero-order valence-corrected chi connectivity index (χ0v) is 35.9. The largest absolute Gasteiger partial charge is 0.496 e. The van der Waals surface area contributed by atoms with E-state index in [1.54, 1.807) is 36.6 Å². The van der Waals surface area contributed by atoms with E-state index in [0.717, 1.165) is 83.4 Å². The quantitative estimate of drug-likeness (QED) is 0.120. The van der Waals surface area contributed by atoms with Crippen molar-refractivity contribution in [2.75, 3.05) is 62.5 Å². The molecule has 1 aliphatic carbocycles. The van der Waals surface area contributed by atoms with Crippen LogP contribution in [0.25, 0.3) is 34.4 Å². The number of nitrogens with one attached hydrogen (secondary N) is 3. The predicted molar refractivity (Wildman–Crippen MR) is 247 cm³/mol. The zero-order valence-electron chi connectivity index (χ0n) is 34.4. The number of amides is 3. The molecule has 12 heteroatoms. The molecule has 0 spiro atoms. The molecule has 0 radical (unpaired) electrons. The summed E-state index contributed by atoms with van der Waals surface area (Å²) in [4.78, 5) is 38.9. The summed E-state index contributed by atoms with van der Waals surface area (Å²) in [6.45, 7) is 6.33. The molecule has 3 N–H and O–H groups in total. The minimum absolute atomic E-state index is 0.0858. The van der Waals surface area contributed by atoms with E-state index in [-0.39, 0.29) is 17.7 Å². The Labute approximate surface area is 365 Å². The van der Waals surface area contributed by atoms with Crippen LogP contribution in [0.1, 0.15) is 72.8 Å². The summed E-state index contributed by atoms with van der Waals surface area (Å²) < 4.78 is 17.2. The van der Waals surface area contributed by atoms with Gasteiger partial charge in [-0.3, -0.25) is 19.3 Å². The van der Waals surface area contributed by atoms with Crippen molar-refractivity contribution in [2.24, 2.45) is 0 Å². The van der Waals surface area contributed by atoms with Crippen LogP contribution in [0.4, 0.5) is 17.1 Å². The van der Waals surface area contributed by atoms with Gasteiger partial charge >= 0.3 is 0 Å². The standard InChI is InChI=1S/C27H27N3O4S.C22H22ClNO2/c1-18(31)28-21-3-4-22-24(27(32)29-25(22)16-21)15-19-2-5-26(23(14-19)20-6-13-35-17-20)34-12-9-30-7-10-33-11-8-30;1-26-21-10-7-14(11-17(21)15-5-3-2-4-6-15)12-19-18-13-16(23)8-9-20(18)24-22(19)25/h2-6,13-17H,7-12H2,1H3,(H,28,31)(H,29,32);7-13,15H,2-6H2,1H3,(H,24,25). The molecule has 3 amide bonds. The average Bonchev–Trinajstić information content (AvgIpc) is 3.99. The number of thiophene rings is 1. The van der Waals surface area contributed by atoms with Crippen molar-refractivity contribution >= 4 is 81.0 Å². The van der Waals surface area contributed by atoms with Gasteiger partial charge in [-0.2, -0.15) is 11.3 Å². The van der Waals surface area contributed by atoms with Gasteiger partial charge in [-0.05, 0) is 125 Å². The molecule has 0 unspecified atom stereocenters. The lowest BCUT2D eigenvalue weighted by Crippen LogP contribution is -2.38. The first-order valence-corrected chi connectivity index (χ1v) is 22.1. The topological polar surface area (TPSA) is 118 Å². The molecular weight excluding hydrogens is 808 g/mol. The first-order valence-electron chi connectivity index (χ1n) is 20.8. The Morgan fingerprint density at radius 2 is 1.56 bits per heavy atom. The van der Waals surface area contributed by atoms with Crippen LogP contribution >= 0.6 is 22.9 Å². The fraction of sp³-hybridized carbons (Fsp3) is 0.286. The maximum absolute atomic E-state index is 12.7. The van der Waals surface area contributed by atoms with Crippen LogP contribution in [0, 0.1) is 0 Å². The summed E-state index contributed by atoms with van der Waals surface area (Å²) in [6.07, 6.45) is 10.1. The molecule has 4 heterocycles. The van der Waals surface area contributed by atoms with Crippen LogP contribution in [0.15, 0.2) is 89.6 Å². The van der Waals surface area contributed by atoms with Crippen molar-refractivity contribution in [3.63, 3.8) is 0 Å². The van der Waals surface area contributed by atoms with Crippen LogP contribution in [0.2, 0.25) is 5.02 Å².